The molecule has 7 nitrogen and oxygen atoms in total. The number of nitrogens with one attached hydrogen (secondary N) is 2. The molecule has 2 N–H and O–H groups in total. The van der Waals surface area contributed by atoms with E-state index in [1.54, 1.807) is 17.0 Å². The Labute approximate surface area is 203 Å². The first kappa shape index (κ1) is 24.8. The third-order valence-corrected chi connectivity index (χ3v) is 6.18. The Morgan fingerprint density at radius 2 is 1.60 bits per heavy atom. The lowest BCUT2D eigenvalue weighted by atomic mass is 10.1. The highest BCUT2D eigenvalue weighted by atomic mass is 19.1. The summed E-state index contributed by atoms with van der Waals surface area (Å²) in [6.45, 7) is 3.62. The molecule has 0 aromatic heterocycles. The molecule has 2 amide bonds. The molecule has 1 atom stereocenters. The molecule has 1 heterocycles. The average Bonchev–Trinajstić information content (AvgIpc) is 3.63. The largest absolute Gasteiger partial charge is 0.386 e. The maximum absolute atomic E-state index is 13.2. The molecule has 186 valence electrons. The van der Waals surface area contributed by atoms with Crippen molar-refractivity contribution in [1.29, 1.82) is 0 Å². The molecule has 2 aromatic rings. The van der Waals surface area contributed by atoms with Gasteiger partial charge < -0.3 is 25.2 Å². The van der Waals surface area contributed by atoms with Crippen LogP contribution in [-0.2, 0) is 9.53 Å². The fourth-order valence-electron chi connectivity index (χ4n) is 3.97. The summed E-state index contributed by atoms with van der Waals surface area (Å²) in [6.07, 6.45) is 0.823. The number of benzene rings is 2. The molecule has 2 aliphatic rings. The standard InChI is InChI=1S/C26H30F2N4O3/c1-31-11-13-32(14-12-31)26(34)24(30-25(33)19-4-8-21(28)9-5-19)17-35-15-10-29-23-16-22(23)18-2-6-20(27)7-3-18/h2-9,24,29H,10-17H2,1H3,(H,30,33)/t24-/m0/s1. The summed E-state index contributed by atoms with van der Waals surface area (Å²) in [5.74, 6) is -1.34. The monoisotopic (exact) mass is 484 g/mol. The minimum Gasteiger partial charge on any atom is -0.386 e. The predicted octanol–water partition coefficient (Wildman–Crippen LogP) is 2.26. The SMILES string of the molecule is CN1CCN(C(=O)[C@H](COCCNC2=C(c3ccc(F)cc3)C2)NC(=O)c2ccc(F)cc2)CC1. The molecule has 0 saturated carbocycles. The van der Waals surface area contributed by atoms with Gasteiger partial charge in [-0.05, 0) is 54.6 Å². The second-order valence-electron chi connectivity index (χ2n) is 8.80. The van der Waals surface area contributed by atoms with Crippen molar-refractivity contribution in [3.8, 4) is 0 Å². The number of hydrogen-bond acceptors (Lipinski definition) is 5. The second kappa shape index (κ2) is 11.4. The summed E-state index contributed by atoms with van der Waals surface area (Å²) in [4.78, 5) is 29.7. The molecule has 35 heavy (non-hydrogen) atoms. The summed E-state index contributed by atoms with van der Waals surface area (Å²) in [5.41, 5.74) is 3.52. The smallest absolute Gasteiger partial charge is 0.251 e. The van der Waals surface area contributed by atoms with E-state index < -0.39 is 17.8 Å². The Balaban J connectivity index is 1.29. The van der Waals surface area contributed by atoms with E-state index in [0.29, 0.717) is 26.2 Å². The number of likely N-dealkylation sites (N-methyl/N-ethyl adjacent to an activating group) is 1. The van der Waals surface area contributed by atoms with Crippen LogP contribution in [0.25, 0.3) is 5.57 Å². The highest BCUT2D eigenvalue weighted by molar-refractivity contribution is 5.97. The molecule has 9 heteroatoms. The maximum Gasteiger partial charge on any atom is 0.251 e. The zero-order chi connectivity index (χ0) is 24.8. The number of piperazine rings is 1. The molecule has 4 rings (SSSR count). The highest BCUT2D eigenvalue weighted by Gasteiger charge is 2.29. The molecule has 1 aliphatic heterocycles. The van der Waals surface area contributed by atoms with Crippen LogP contribution in [0.2, 0.25) is 0 Å². The van der Waals surface area contributed by atoms with Crippen LogP contribution in [0.3, 0.4) is 0 Å². The van der Waals surface area contributed by atoms with Crippen molar-refractivity contribution in [2.75, 3.05) is 53.0 Å². The van der Waals surface area contributed by atoms with E-state index in [1.165, 1.54) is 36.4 Å². The van der Waals surface area contributed by atoms with Gasteiger partial charge in [0.2, 0.25) is 5.91 Å². The van der Waals surface area contributed by atoms with Gasteiger partial charge in [0, 0.05) is 50.4 Å². The number of rotatable bonds is 10. The van der Waals surface area contributed by atoms with E-state index in [4.69, 9.17) is 4.74 Å². The molecule has 1 fully saturated rings. The summed E-state index contributed by atoms with van der Waals surface area (Å²) < 4.78 is 32.0. The first-order chi connectivity index (χ1) is 16.9. The molecule has 2 aromatic carbocycles. The number of amides is 2. The Bertz CT molecular complexity index is 1070. The van der Waals surface area contributed by atoms with Crippen molar-refractivity contribution in [2.24, 2.45) is 0 Å². The highest BCUT2D eigenvalue weighted by Crippen LogP contribution is 2.37. The number of hydrogen-bond donors (Lipinski definition) is 2. The lowest BCUT2D eigenvalue weighted by Gasteiger charge is -2.34. The molecular weight excluding hydrogens is 454 g/mol. The Morgan fingerprint density at radius 3 is 2.26 bits per heavy atom. The fraction of sp³-hybridized carbons (Fsp3) is 0.385. The third kappa shape index (κ3) is 6.86. The molecule has 1 saturated heterocycles. The van der Waals surface area contributed by atoms with E-state index in [1.807, 2.05) is 7.05 Å². The van der Waals surface area contributed by atoms with Crippen LogP contribution >= 0.6 is 0 Å². The molecular formula is C26H30F2N4O3. The van der Waals surface area contributed by atoms with Crippen LogP contribution in [0.1, 0.15) is 22.3 Å². The normalized spacial score (nSPS) is 16.7. The zero-order valence-corrected chi connectivity index (χ0v) is 19.7. The topological polar surface area (TPSA) is 73.9 Å². The van der Waals surface area contributed by atoms with Crippen molar-refractivity contribution in [1.82, 2.24) is 20.4 Å². The van der Waals surface area contributed by atoms with Gasteiger partial charge in [-0.2, -0.15) is 0 Å². The number of carbonyl (C=O) groups is 2. The number of nitrogens with zero attached hydrogens (tertiary/aromatic N) is 2. The van der Waals surface area contributed by atoms with Crippen molar-refractivity contribution in [3.63, 3.8) is 0 Å². The summed E-state index contributed by atoms with van der Waals surface area (Å²) >= 11 is 0. The Morgan fingerprint density at radius 1 is 0.971 bits per heavy atom. The van der Waals surface area contributed by atoms with Crippen LogP contribution in [0, 0.1) is 11.6 Å². The summed E-state index contributed by atoms with van der Waals surface area (Å²) in [7, 11) is 2.00. The van der Waals surface area contributed by atoms with Crippen LogP contribution in [0.5, 0.6) is 0 Å². The molecule has 0 bridgehead atoms. The lowest BCUT2D eigenvalue weighted by molar-refractivity contribution is -0.136. The lowest BCUT2D eigenvalue weighted by Crippen LogP contribution is -2.55. The quantitative estimate of drug-likeness (QED) is 0.506. The first-order valence-corrected chi connectivity index (χ1v) is 11.7. The first-order valence-electron chi connectivity index (χ1n) is 11.7. The maximum atomic E-state index is 13.2. The van der Waals surface area contributed by atoms with Crippen molar-refractivity contribution < 1.29 is 23.1 Å². The van der Waals surface area contributed by atoms with Crippen LogP contribution in [0.4, 0.5) is 8.78 Å². The summed E-state index contributed by atoms with van der Waals surface area (Å²) in [6, 6.07) is 10.7. The van der Waals surface area contributed by atoms with E-state index >= 15 is 0 Å². The van der Waals surface area contributed by atoms with Gasteiger partial charge in [0.25, 0.3) is 5.91 Å². The van der Waals surface area contributed by atoms with Gasteiger partial charge in [-0.15, -0.1) is 0 Å². The Hall–Kier alpha value is -3.30. The summed E-state index contributed by atoms with van der Waals surface area (Å²) in [5, 5.41) is 6.05. The number of halogens is 2. The molecule has 0 spiro atoms. The minimum atomic E-state index is -0.842. The number of allylic oxidation sites excluding steroid dienone is 2. The number of carbonyl (C=O) groups excluding carboxylic acids is 2. The van der Waals surface area contributed by atoms with E-state index in [-0.39, 0.29) is 23.9 Å². The van der Waals surface area contributed by atoms with Gasteiger partial charge in [-0.3, -0.25) is 9.59 Å². The second-order valence-corrected chi connectivity index (χ2v) is 8.80. The van der Waals surface area contributed by atoms with E-state index in [2.05, 4.69) is 15.5 Å². The van der Waals surface area contributed by atoms with Gasteiger partial charge in [0.05, 0.1) is 13.2 Å². The minimum absolute atomic E-state index is 0.0314. The van der Waals surface area contributed by atoms with Crippen LogP contribution in [-0.4, -0.2) is 80.6 Å². The third-order valence-electron chi connectivity index (χ3n) is 6.18. The van der Waals surface area contributed by atoms with Crippen molar-refractivity contribution in [2.45, 2.75) is 12.5 Å². The molecule has 1 aliphatic carbocycles. The Kier molecular flexibility index (Phi) is 8.09. The van der Waals surface area contributed by atoms with Gasteiger partial charge in [0.1, 0.15) is 17.7 Å². The average molecular weight is 485 g/mol. The fourth-order valence-corrected chi connectivity index (χ4v) is 3.97. The molecule has 0 unspecified atom stereocenters. The van der Waals surface area contributed by atoms with Crippen molar-refractivity contribution >= 4 is 17.4 Å². The van der Waals surface area contributed by atoms with Crippen LogP contribution in [0.15, 0.2) is 54.2 Å². The van der Waals surface area contributed by atoms with Gasteiger partial charge >= 0.3 is 0 Å². The van der Waals surface area contributed by atoms with Gasteiger partial charge in [-0.25, -0.2) is 8.78 Å². The zero-order valence-electron chi connectivity index (χ0n) is 19.7. The van der Waals surface area contributed by atoms with E-state index in [0.717, 1.165) is 36.3 Å². The van der Waals surface area contributed by atoms with E-state index in [9.17, 15) is 18.4 Å². The van der Waals surface area contributed by atoms with Gasteiger partial charge in [-0.1, -0.05) is 12.1 Å². The molecule has 0 radical (unpaired) electrons. The number of ether oxygens (including phenoxy) is 1. The van der Waals surface area contributed by atoms with Crippen molar-refractivity contribution in [3.05, 3.63) is 77.0 Å². The predicted molar refractivity (Wildman–Crippen MR) is 128 cm³/mol. The van der Waals surface area contributed by atoms with Gasteiger partial charge in [0.15, 0.2) is 0 Å². The van der Waals surface area contributed by atoms with Crippen LogP contribution < -0.4 is 10.6 Å².